The summed E-state index contributed by atoms with van der Waals surface area (Å²) in [5.74, 6) is -0.481. The third-order valence-corrected chi connectivity index (χ3v) is 4.71. The molecule has 1 aromatic heterocycles. The van der Waals surface area contributed by atoms with Crippen LogP contribution < -0.4 is 10.3 Å². The molecule has 0 bridgehead atoms. The topological polar surface area (TPSA) is 63.6 Å². The molecule has 0 amide bonds. The van der Waals surface area contributed by atoms with Crippen LogP contribution in [-0.4, -0.2) is 24.1 Å². The minimum absolute atomic E-state index is 0.105. The Bertz CT molecular complexity index is 980. The van der Waals surface area contributed by atoms with Crippen molar-refractivity contribution in [2.45, 2.75) is 26.9 Å². The van der Waals surface area contributed by atoms with Gasteiger partial charge in [-0.1, -0.05) is 42.5 Å². The molecule has 3 aromatic rings. The Morgan fingerprint density at radius 1 is 1.00 bits per heavy atom. The van der Waals surface area contributed by atoms with E-state index in [0.29, 0.717) is 23.0 Å². The van der Waals surface area contributed by atoms with Gasteiger partial charge in [-0.15, -0.1) is 0 Å². The molecule has 27 heavy (non-hydrogen) atoms. The van der Waals surface area contributed by atoms with Crippen molar-refractivity contribution in [1.82, 2.24) is 4.98 Å². The molecule has 0 aliphatic carbocycles. The quantitative estimate of drug-likeness (QED) is 0.632. The molecule has 0 radical (unpaired) electrons. The SMILES string of the molecule is CCOC(=O)c1[nH]c2ccccc2c(=O)c1C[NH+](CC)Cc1ccccc1. The molecule has 5 nitrogen and oxygen atoms in total. The molecule has 2 aromatic carbocycles. The Kier molecular flexibility index (Phi) is 6.04. The highest BCUT2D eigenvalue weighted by Crippen LogP contribution is 2.12. The van der Waals surface area contributed by atoms with Crippen molar-refractivity contribution < 1.29 is 14.4 Å². The molecule has 3 rings (SSSR count). The van der Waals surface area contributed by atoms with Crippen molar-refractivity contribution >= 4 is 16.9 Å². The monoisotopic (exact) mass is 365 g/mol. The van der Waals surface area contributed by atoms with E-state index >= 15 is 0 Å². The van der Waals surface area contributed by atoms with E-state index in [2.05, 4.69) is 24.0 Å². The fourth-order valence-electron chi connectivity index (χ4n) is 3.27. The molecule has 140 valence electrons. The van der Waals surface area contributed by atoms with Crippen LogP contribution in [-0.2, 0) is 17.8 Å². The average Bonchev–Trinajstić information content (AvgIpc) is 2.70. The number of esters is 1. The van der Waals surface area contributed by atoms with Gasteiger partial charge in [0.15, 0.2) is 5.43 Å². The number of carbonyl (C=O) groups is 1. The largest absolute Gasteiger partial charge is 0.461 e. The Labute approximate surface area is 158 Å². The van der Waals surface area contributed by atoms with Crippen LogP contribution in [0.2, 0.25) is 0 Å². The maximum absolute atomic E-state index is 13.1. The van der Waals surface area contributed by atoms with Crippen LogP contribution in [0.25, 0.3) is 10.9 Å². The lowest BCUT2D eigenvalue weighted by molar-refractivity contribution is -0.925. The van der Waals surface area contributed by atoms with Crippen LogP contribution in [0.4, 0.5) is 0 Å². The molecule has 5 heteroatoms. The van der Waals surface area contributed by atoms with Crippen LogP contribution in [0.5, 0.6) is 0 Å². The van der Waals surface area contributed by atoms with Crippen LogP contribution in [0.3, 0.4) is 0 Å². The smallest absolute Gasteiger partial charge is 0.355 e. The summed E-state index contributed by atoms with van der Waals surface area (Å²) in [6, 6.07) is 17.4. The summed E-state index contributed by atoms with van der Waals surface area (Å²) >= 11 is 0. The number of aromatic nitrogens is 1. The predicted molar refractivity (Wildman–Crippen MR) is 106 cm³/mol. The third-order valence-electron chi connectivity index (χ3n) is 4.71. The molecule has 0 fully saturated rings. The third kappa shape index (κ3) is 4.26. The molecule has 1 heterocycles. The maximum Gasteiger partial charge on any atom is 0.355 e. The number of aromatic amines is 1. The van der Waals surface area contributed by atoms with Crippen molar-refractivity contribution in [2.75, 3.05) is 13.2 Å². The molecule has 0 saturated carbocycles. The Morgan fingerprint density at radius 2 is 1.70 bits per heavy atom. The fraction of sp³-hybridized carbons (Fsp3) is 0.273. The number of fused-ring (bicyclic) bond motifs is 1. The lowest BCUT2D eigenvalue weighted by Crippen LogP contribution is -3.09. The number of quaternary nitrogens is 1. The molecule has 2 N–H and O–H groups in total. The number of H-pyrrole nitrogens is 1. The van der Waals surface area contributed by atoms with E-state index in [1.54, 1.807) is 19.1 Å². The number of para-hydroxylation sites is 1. The van der Waals surface area contributed by atoms with Crippen molar-refractivity contribution in [1.29, 1.82) is 0 Å². The first-order chi connectivity index (χ1) is 13.1. The van der Waals surface area contributed by atoms with Gasteiger partial charge in [0.25, 0.3) is 0 Å². The number of hydrogen-bond donors (Lipinski definition) is 2. The zero-order valence-corrected chi connectivity index (χ0v) is 15.7. The number of ether oxygens (including phenoxy) is 1. The Morgan fingerprint density at radius 3 is 2.41 bits per heavy atom. The van der Waals surface area contributed by atoms with E-state index in [4.69, 9.17) is 4.74 Å². The van der Waals surface area contributed by atoms with Crippen LogP contribution in [0.15, 0.2) is 59.4 Å². The molecule has 0 aliphatic rings. The number of nitrogens with one attached hydrogen (secondary N) is 2. The molecule has 0 spiro atoms. The summed E-state index contributed by atoms with van der Waals surface area (Å²) in [6.45, 7) is 6.18. The minimum atomic E-state index is -0.481. The van der Waals surface area contributed by atoms with Crippen LogP contribution in [0.1, 0.15) is 35.5 Å². The molecular weight excluding hydrogens is 340 g/mol. The van der Waals surface area contributed by atoms with Crippen LogP contribution >= 0.6 is 0 Å². The van der Waals surface area contributed by atoms with E-state index in [0.717, 1.165) is 13.1 Å². The minimum Gasteiger partial charge on any atom is -0.461 e. The van der Waals surface area contributed by atoms with Gasteiger partial charge in [0.1, 0.15) is 18.8 Å². The number of carbonyl (C=O) groups excluding carboxylic acids is 1. The lowest BCUT2D eigenvalue weighted by atomic mass is 10.1. The van der Waals surface area contributed by atoms with Crippen molar-refractivity contribution in [2.24, 2.45) is 0 Å². The molecule has 0 saturated heterocycles. The van der Waals surface area contributed by atoms with E-state index in [9.17, 15) is 9.59 Å². The summed E-state index contributed by atoms with van der Waals surface area (Å²) in [4.78, 5) is 29.9. The van der Waals surface area contributed by atoms with Crippen molar-refractivity contribution in [3.8, 4) is 0 Å². The first kappa shape index (κ1) is 18.9. The van der Waals surface area contributed by atoms with E-state index < -0.39 is 5.97 Å². The second kappa shape index (κ2) is 8.64. The average molecular weight is 365 g/mol. The molecule has 1 atom stereocenters. The van der Waals surface area contributed by atoms with Gasteiger partial charge in [-0.2, -0.15) is 0 Å². The summed E-state index contributed by atoms with van der Waals surface area (Å²) in [7, 11) is 0. The van der Waals surface area contributed by atoms with Gasteiger partial charge < -0.3 is 14.6 Å². The molecule has 0 aliphatic heterocycles. The number of benzene rings is 2. The standard InChI is InChI=1S/C22H24N2O3/c1-3-24(14-16-10-6-5-7-11-16)15-18-20(22(26)27-4-2)23-19-13-9-8-12-17(19)21(18)25/h5-13H,3-4,14-15H2,1-2H3,(H,23,25)/p+1. The number of rotatable bonds is 7. The Balaban J connectivity index is 2.02. The van der Waals surface area contributed by atoms with Gasteiger partial charge in [-0.05, 0) is 26.0 Å². The van der Waals surface area contributed by atoms with Gasteiger partial charge in [0, 0.05) is 16.5 Å². The van der Waals surface area contributed by atoms with Crippen LogP contribution in [0, 0.1) is 0 Å². The summed E-state index contributed by atoms with van der Waals surface area (Å²) in [6.07, 6.45) is 0. The van der Waals surface area contributed by atoms with Gasteiger partial charge in [0.2, 0.25) is 0 Å². The highest BCUT2D eigenvalue weighted by molar-refractivity contribution is 5.92. The summed E-state index contributed by atoms with van der Waals surface area (Å²) in [5, 5.41) is 0.593. The fourth-order valence-corrected chi connectivity index (χ4v) is 3.27. The van der Waals surface area contributed by atoms with E-state index in [1.807, 2.05) is 30.3 Å². The highest BCUT2D eigenvalue weighted by Gasteiger charge is 2.22. The summed E-state index contributed by atoms with van der Waals surface area (Å²) in [5.41, 5.74) is 2.49. The lowest BCUT2D eigenvalue weighted by Gasteiger charge is -2.19. The van der Waals surface area contributed by atoms with Gasteiger partial charge >= 0.3 is 5.97 Å². The van der Waals surface area contributed by atoms with Crippen molar-refractivity contribution in [3.05, 3.63) is 81.6 Å². The zero-order chi connectivity index (χ0) is 19.2. The highest BCUT2D eigenvalue weighted by atomic mass is 16.5. The zero-order valence-electron chi connectivity index (χ0n) is 15.7. The number of hydrogen-bond acceptors (Lipinski definition) is 3. The maximum atomic E-state index is 13.1. The Hall–Kier alpha value is -2.92. The normalized spacial score (nSPS) is 12.1. The van der Waals surface area contributed by atoms with E-state index in [-0.39, 0.29) is 17.7 Å². The van der Waals surface area contributed by atoms with Gasteiger partial charge in [0.05, 0.1) is 18.7 Å². The summed E-state index contributed by atoms with van der Waals surface area (Å²) < 4.78 is 5.19. The molecule has 1 unspecified atom stereocenters. The van der Waals surface area contributed by atoms with E-state index in [1.165, 1.54) is 10.5 Å². The first-order valence-corrected chi connectivity index (χ1v) is 9.32. The number of pyridine rings is 1. The predicted octanol–water partition coefficient (Wildman–Crippen LogP) is 2.31. The van der Waals surface area contributed by atoms with Gasteiger partial charge in [-0.3, -0.25) is 4.79 Å². The first-order valence-electron chi connectivity index (χ1n) is 9.32. The van der Waals surface area contributed by atoms with Gasteiger partial charge in [-0.25, -0.2) is 4.79 Å². The van der Waals surface area contributed by atoms with Crippen molar-refractivity contribution in [3.63, 3.8) is 0 Å². The molecular formula is C22H25N2O3+. The second-order valence-corrected chi connectivity index (χ2v) is 6.52. The second-order valence-electron chi connectivity index (χ2n) is 6.52.